The molecular weight excluding hydrogens is 202 g/mol. The maximum absolute atomic E-state index is 5.80. The van der Waals surface area contributed by atoms with Crippen molar-refractivity contribution in [1.82, 2.24) is 9.97 Å². The molecule has 0 radical (unpaired) electrons. The normalized spacial score (nSPS) is 10.1. The van der Waals surface area contributed by atoms with Gasteiger partial charge in [-0.3, -0.25) is 4.98 Å². The van der Waals surface area contributed by atoms with Crippen LogP contribution in [-0.2, 0) is 0 Å². The summed E-state index contributed by atoms with van der Waals surface area (Å²) in [6.07, 6.45) is 5.32. The third-order valence-electron chi connectivity index (χ3n) is 2.28. The number of hydrogen-bond acceptors (Lipinski definition) is 4. The summed E-state index contributed by atoms with van der Waals surface area (Å²) in [4.78, 5) is 8.26. The van der Waals surface area contributed by atoms with Crippen LogP contribution in [0.25, 0.3) is 11.1 Å². The van der Waals surface area contributed by atoms with Gasteiger partial charge in [0, 0.05) is 29.7 Å². The van der Waals surface area contributed by atoms with Crippen LogP contribution in [0, 0.1) is 6.92 Å². The molecule has 2 aromatic heterocycles. The van der Waals surface area contributed by atoms with Crippen molar-refractivity contribution >= 4 is 5.69 Å². The van der Waals surface area contributed by atoms with Crippen molar-refractivity contribution in [1.29, 1.82) is 0 Å². The highest BCUT2D eigenvalue weighted by Gasteiger charge is 2.04. The van der Waals surface area contributed by atoms with Gasteiger partial charge in [-0.25, -0.2) is 4.98 Å². The number of nitrogen functional groups attached to an aromatic ring is 1. The van der Waals surface area contributed by atoms with Crippen molar-refractivity contribution in [3.63, 3.8) is 0 Å². The first-order valence-electron chi connectivity index (χ1n) is 4.92. The minimum absolute atomic E-state index is 0.448. The Morgan fingerprint density at radius 2 is 1.88 bits per heavy atom. The molecule has 0 aliphatic heterocycles. The van der Waals surface area contributed by atoms with Gasteiger partial charge in [-0.2, -0.15) is 0 Å². The molecular formula is C12H13N3O. The molecule has 4 nitrogen and oxygen atoms in total. The first kappa shape index (κ1) is 10.4. The molecule has 4 heteroatoms. The largest absolute Gasteiger partial charge is 0.480 e. The van der Waals surface area contributed by atoms with Crippen LogP contribution in [0.4, 0.5) is 5.69 Å². The van der Waals surface area contributed by atoms with Gasteiger partial charge >= 0.3 is 0 Å². The molecule has 82 valence electrons. The molecule has 2 N–H and O–H groups in total. The number of rotatable bonds is 2. The van der Waals surface area contributed by atoms with Crippen molar-refractivity contribution in [3.8, 4) is 17.0 Å². The van der Waals surface area contributed by atoms with Gasteiger partial charge in [-0.1, -0.05) is 0 Å². The fourth-order valence-electron chi connectivity index (χ4n) is 1.51. The second-order valence-corrected chi connectivity index (χ2v) is 3.57. The number of aryl methyl sites for hydroxylation is 1. The number of nitrogens with zero attached hydrogens (tertiary/aromatic N) is 2. The van der Waals surface area contributed by atoms with Crippen LogP contribution in [0.2, 0.25) is 0 Å². The molecule has 0 amide bonds. The zero-order valence-electron chi connectivity index (χ0n) is 9.27. The molecule has 0 saturated carbocycles. The van der Waals surface area contributed by atoms with Crippen molar-refractivity contribution in [2.24, 2.45) is 0 Å². The van der Waals surface area contributed by atoms with Gasteiger partial charge in [0.1, 0.15) is 0 Å². The number of anilines is 1. The molecule has 0 saturated heterocycles. The van der Waals surface area contributed by atoms with Gasteiger partial charge in [-0.05, 0) is 24.6 Å². The van der Waals surface area contributed by atoms with Crippen LogP contribution >= 0.6 is 0 Å². The van der Waals surface area contributed by atoms with Crippen LogP contribution in [-0.4, -0.2) is 17.1 Å². The van der Waals surface area contributed by atoms with Gasteiger partial charge in [0.05, 0.1) is 12.8 Å². The number of hydrogen-bond donors (Lipinski definition) is 1. The Balaban J connectivity index is 2.45. The molecule has 2 heterocycles. The number of ether oxygens (including phenoxy) is 1. The van der Waals surface area contributed by atoms with Gasteiger partial charge in [0.2, 0.25) is 5.88 Å². The summed E-state index contributed by atoms with van der Waals surface area (Å²) in [7, 11) is 1.55. The molecule has 0 bridgehead atoms. The zero-order chi connectivity index (χ0) is 11.5. The van der Waals surface area contributed by atoms with Gasteiger partial charge < -0.3 is 10.5 Å². The molecule has 0 aliphatic rings. The number of aromatic nitrogens is 2. The second kappa shape index (κ2) is 4.18. The molecule has 16 heavy (non-hydrogen) atoms. The molecule has 0 atom stereocenters. The summed E-state index contributed by atoms with van der Waals surface area (Å²) in [6.45, 7) is 2.00. The maximum atomic E-state index is 5.80. The molecule has 0 unspecified atom stereocenters. The third-order valence-corrected chi connectivity index (χ3v) is 2.28. The van der Waals surface area contributed by atoms with Crippen LogP contribution in [0.3, 0.4) is 0 Å². The molecule has 0 fully saturated rings. The van der Waals surface area contributed by atoms with Gasteiger partial charge in [-0.15, -0.1) is 0 Å². The summed E-state index contributed by atoms with van der Waals surface area (Å²) < 4.78 is 5.01. The lowest BCUT2D eigenvalue weighted by atomic mass is 10.1. The molecule has 0 aliphatic carbocycles. The Labute approximate surface area is 94.1 Å². The van der Waals surface area contributed by atoms with Crippen molar-refractivity contribution in [3.05, 3.63) is 36.3 Å². The first-order valence-corrected chi connectivity index (χ1v) is 4.92. The van der Waals surface area contributed by atoms with E-state index in [1.807, 2.05) is 25.3 Å². The minimum Gasteiger partial charge on any atom is -0.480 e. The maximum Gasteiger partial charge on any atom is 0.236 e. The van der Waals surface area contributed by atoms with Crippen LogP contribution < -0.4 is 10.5 Å². The van der Waals surface area contributed by atoms with E-state index < -0.39 is 0 Å². The van der Waals surface area contributed by atoms with Gasteiger partial charge in [0.25, 0.3) is 0 Å². The third kappa shape index (κ3) is 1.95. The number of methoxy groups -OCH3 is 1. The topological polar surface area (TPSA) is 61.0 Å². The van der Waals surface area contributed by atoms with Crippen LogP contribution in [0.5, 0.6) is 5.88 Å². The smallest absolute Gasteiger partial charge is 0.236 e. The highest BCUT2D eigenvalue weighted by molar-refractivity contribution is 5.68. The van der Waals surface area contributed by atoms with E-state index in [0.717, 1.165) is 16.7 Å². The second-order valence-electron chi connectivity index (χ2n) is 3.57. The quantitative estimate of drug-likeness (QED) is 0.832. The Hall–Kier alpha value is -2.10. The summed E-state index contributed by atoms with van der Waals surface area (Å²) in [5.41, 5.74) is 9.37. The highest BCUT2D eigenvalue weighted by Crippen LogP contribution is 2.25. The van der Waals surface area contributed by atoms with Crippen molar-refractivity contribution in [2.45, 2.75) is 6.92 Å². The van der Waals surface area contributed by atoms with E-state index in [9.17, 15) is 0 Å². The molecule has 0 aromatic carbocycles. The summed E-state index contributed by atoms with van der Waals surface area (Å²) in [5.74, 6) is 0.448. The Morgan fingerprint density at radius 1 is 1.12 bits per heavy atom. The van der Waals surface area contributed by atoms with E-state index in [0.29, 0.717) is 11.6 Å². The van der Waals surface area contributed by atoms with E-state index >= 15 is 0 Å². The fraction of sp³-hybridized carbons (Fsp3) is 0.167. The van der Waals surface area contributed by atoms with E-state index in [2.05, 4.69) is 9.97 Å². The standard InChI is InChI=1S/C12H13N3O/c1-8-3-9(6-14-5-8)10-4-11(13)12(16-2)15-7-10/h3-7H,13H2,1-2H3. The Morgan fingerprint density at radius 3 is 2.50 bits per heavy atom. The number of nitrogens with two attached hydrogens (primary N) is 1. The Kier molecular flexibility index (Phi) is 2.72. The first-order chi connectivity index (χ1) is 7.70. The van der Waals surface area contributed by atoms with Gasteiger partial charge in [0.15, 0.2) is 0 Å². The predicted molar refractivity (Wildman–Crippen MR) is 63.2 cm³/mol. The summed E-state index contributed by atoms with van der Waals surface area (Å²) in [5, 5.41) is 0. The lowest BCUT2D eigenvalue weighted by Gasteiger charge is -2.06. The fourth-order valence-corrected chi connectivity index (χ4v) is 1.51. The van der Waals surface area contributed by atoms with Crippen LogP contribution in [0.15, 0.2) is 30.7 Å². The van der Waals surface area contributed by atoms with E-state index in [-0.39, 0.29) is 0 Å². The van der Waals surface area contributed by atoms with Crippen LogP contribution in [0.1, 0.15) is 5.56 Å². The van der Waals surface area contributed by atoms with E-state index in [1.54, 1.807) is 19.5 Å². The predicted octanol–water partition coefficient (Wildman–Crippen LogP) is 2.04. The average molecular weight is 215 g/mol. The molecule has 2 rings (SSSR count). The minimum atomic E-state index is 0.448. The monoisotopic (exact) mass is 215 g/mol. The van der Waals surface area contributed by atoms with Crippen molar-refractivity contribution < 1.29 is 4.74 Å². The lowest BCUT2D eigenvalue weighted by Crippen LogP contribution is -1.95. The highest BCUT2D eigenvalue weighted by atomic mass is 16.5. The molecule has 2 aromatic rings. The molecule has 0 spiro atoms. The lowest BCUT2D eigenvalue weighted by molar-refractivity contribution is 0.400. The van der Waals surface area contributed by atoms with Crippen molar-refractivity contribution in [2.75, 3.05) is 12.8 Å². The Bertz CT molecular complexity index is 511. The SMILES string of the molecule is COc1ncc(-c2cncc(C)c2)cc1N. The number of pyridine rings is 2. The van der Waals surface area contributed by atoms with E-state index in [1.165, 1.54) is 0 Å². The average Bonchev–Trinajstić information content (AvgIpc) is 2.29. The zero-order valence-corrected chi connectivity index (χ0v) is 9.27. The summed E-state index contributed by atoms with van der Waals surface area (Å²) in [6, 6.07) is 3.87. The van der Waals surface area contributed by atoms with E-state index in [4.69, 9.17) is 10.5 Å². The summed E-state index contributed by atoms with van der Waals surface area (Å²) >= 11 is 0.